The zero-order chi connectivity index (χ0) is 17.8. The maximum atomic E-state index is 9.52. The maximum absolute atomic E-state index is 9.52. The van der Waals surface area contributed by atoms with E-state index in [0.29, 0.717) is 22.1 Å². The zero-order valence-corrected chi connectivity index (χ0v) is 15.7. The number of pyridine rings is 1. The minimum Gasteiger partial charge on any atom is -0.410 e. The minimum absolute atomic E-state index is 0.439. The van der Waals surface area contributed by atoms with Crippen LogP contribution in [0.5, 0.6) is 0 Å². The number of anilines is 2. The number of hydrogen-bond donors (Lipinski definition) is 2. The number of aryl methyl sites for hydroxylation is 1. The van der Waals surface area contributed by atoms with Crippen molar-refractivity contribution < 1.29 is 5.21 Å². The van der Waals surface area contributed by atoms with Crippen molar-refractivity contribution in [2.45, 2.75) is 6.92 Å². The van der Waals surface area contributed by atoms with Crippen LogP contribution in [0.4, 0.5) is 11.5 Å². The third-order valence-corrected chi connectivity index (χ3v) is 4.70. The molecule has 0 atom stereocenters. The second-order valence-electron chi connectivity index (χ2n) is 5.42. The molecule has 0 spiro atoms. The molecule has 0 fully saturated rings. The molecule has 0 radical (unpaired) electrons. The van der Waals surface area contributed by atoms with Crippen molar-refractivity contribution in [2.75, 3.05) is 5.32 Å². The van der Waals surface area contributed by atoms with Crippen LogP contribution in [0.25, 0.3) is 0 Å². The molecule has 0 aliphatic heterocycles. The van der Waals surface area contributed by atoms with Crippen LogP contribution in [0, 0.1) is 6.92 Å². The van der Waals surface area contributed by atoms with Crippen LogP contribution in [-0.4, -0.2) is 15.9 Å². The lowest BCUT2D eigenvalue weighted by molar-refractivity contribution is 0.319. The smallest absolute Gasteiger partial charge is 0.144 e. The lowest BCUT2D eigenvalue weighted by Gasteiger charge is -2.12. The van der Waals surface area contributed by atoms with E-state index in [2.05, 4.69) is 31.4 Å². The predicted octanol–water partition coefficient (Wildman–Crippen LogP) is 5.78. The van der Waals surface area contributed by atoms with Gasteiger partial charge in [-0.2, -0.15) is 0 Å². The lowest BCUT2D eigenvalue weighted by atomic mass is 9.98. The van der Waals surface area contributed by atoms with Crippen LogP contribution in [-0.2, 0) is 0 Å². The third kappa shape index (κ3) is 3.83. The highest BCUT2D eigenvalue weighted by Gasteiger charge is 2.14. The summed E-state index contributed by atoms with van der Waals surface area (Å²) in [5, 5.41) is 16.7. The third-order valence-electron chi connectivity index (χ3n) is 3.75. The first-order valence-electron chi connectivity index (χ1n) is 7.55. The monoisotopic (exact) mass is 415 g/mol. The number of halogens is 2. The van der Waals surface area contributed by atoms with Crippen LogP contribution in [0.3, 0.4) is 0 Å². The molecule has 25 heavy (non-hydrogen) atoms. The van der Waals surface area contributed by atoms with E-state index < -0.39 is 0 Å². The molecule has 0 unspecified atom stereocenters. The van der Waals surface area contributed by atoms with E-state index in [-0.39, 0.29) is 0 Å². The highest BCUT2D eigenvalue weighted by atomic mass is 79.9. The highest BCUT2D eigenvalue weighted by Crippen LogP contribution is 2.28. The number of nitrogens with one attached hydrogen (secondary N) is 1. The van der Waals surface area contributed by atoms with Crippen molar-refractivity contribution in [1.82, 2.24) is 4.98 Å². The van der Waals surface area contributed by atoms with Crippen LogP contribution < -0.4 is 5.32 Å². The first kappa shape index (κ1) is 17.5. The van der Waals surface area contributed by atoms with E-state index in [1.807, 2.05) is 55.5 Å². The lowest BCUT2D eigenvalue weighted by Crippen LogP contribution is -2.06. The molecule has 4 nitrogen and oxygen atoms in total. The topological polar surface area (TPSA) is 57.5 Å². The molecule has 6 heteroatoms. The van der Waals surface area contributed by atoms with Crippen molar-refractivity contribution in [3.63, 3.8) is 0 Å². The highest BCUT2D eigenvalue weighted by molar-refractivity contribution is 9.10. The number of hydrogen-bond acceptors (Lipinski definition) is 4. The number of benzene rings is 2. The summed E-state index contributed by atoms with van der Waals surface area (Å²) in [4.78, 5) is 4.27. The molecule has 0 saturated carbocycles. The summed E-state index contributed by atoms with van der Waals surface area (Å²) < 4.78 is 0.854. The average Bonchev–Trinajstić information content (AvgIpc) is 2.61. The summed E-state index contributed by atoms with van der Waals surface area (Å²) in [5.41, 5.74) is 3.72. The second-order valence-corrected chi connectivity index (χ2v) is 6.68. The van der Waals surface area contributed by atoms with E-state index in [4.69, 9.17) is 11.6 Å². The van der Waals surface area contributed by atoms with Gasteiger partial charge >= 0.3 is 0 Å². The Hall–Kier alpha value is -2.37. The fraction of sp³-hybridized carbons (Fsp3) is 0.0526. The van der Waals surface area contributed by atoms with Gasteiger partial charge in [0.05, 0.1) is 9.50 Å². The Morgan fingerprint density at radius 2 is 1.92 bits per heavy atom. The fourth-order valence-electron chi connectivity index (χ4n) is 2.49. The number of aromatic nitrogens is 1. The number of oxime groups is 1. The van der Waals surface area contributed by atoms with E-state index in [1.165, 1.54) is 0 Å². The summed E-state index contributed by atoms with van der Waals surface area (Å²) in [5.74, 6) is 0.696. The van der Waals surface area contributed by atoms with Crippen molar-refractivity contribution >= 4 is 44.7 Å². The Morgan fingerprint density at radius 1 is 1.12 bits per heavy atom. The first-order chi connectivity index (χ1) is 12.1. The van der Waals surface area contributed by atoms with Gasteiger partial charge in [0.25, 0.3) is 0 Å². The molecule has 2 aromatic carbocycles. The number of rotatable bonds is 4. The Labute approximate surface area is 159 Å². The van der Waals surface area contributed by atoms with Gasteiger partial charge in [0.2, 0.25) is 0 Å². The Kier molecular flexibility index (Phi) is 5.36. The van der Waals surface area contributed by atoms with Gasteiger partial charge in [-0.05, 0) is 58.7 Å². The van der Waals surface area contributed by atoms with Gasteiger partial charge in [0.15, 0.2) is 0 Å². The normalized spacial score (nSPS) is 11.4. The van der Waals surface area contributed by atoms with Gasteiger partial charge in [-0.15, -0.1) is 0 Å². The van der Waals surface area contributed by atoms with Gasteiger partial charge in [-0.1, -0.05) is 41.0 Å². The molecule has 2 N–H and O–H groups in total. The minimum atomic E-state index is 0.439. The molecule has 0 saturated heterocycles. The van der Waals surface area contributed by atoms with Crippen LogP contribution in [0.1, 0.15) is 16.7 Å². The Morgan fingerprint density at radius 3 is 2.60 bits per heavy atom. The van der Waals surface area contributed by atoms with Gasteiger partial charge < -0.3 is 10.5 Å². The molecule has 3 rings (SSSR count). The quantitative estimate of drug-likeness (QED) is 0.322. The summed E-state index contributed by atoms with van der Waals surface area (Å²) in [6, 6.07) is 16.9. The SMILES string of the molecule is Cc1ccccc1C(=NO)c1ccc(Nc2ncccc2Br)cc1Cl. The second kappa shape index (κ2) is 7.68. The molecular weight excluding hydrogens is 402 g/mol. The van der Waals surface area contributed by atoms with Gasteiger partial charge in [0.1, 0.15) is 11.5 Å². The van der Waals surface area contributed by atoms with Gasteiger partial charge in [-0.25, -0.2) is 4.98 Å². The fourth-order valence-corrected chi connectivity index (χ4v) is 3.11. The van der Waals surface area contributed by atoms with Crippen LogP contribution in [0.15, 0.2) is 70.4 Å². The predicted molar refractivity (Wildman–Crippen MR) is 105 cm³/mol. The molecule has 3 aromatic rings. The molecule has 0 aliphatic carbocycles. The van der Waals surface area contributed by atoms with Crippen molar-refractivity contribution in [2.24, 2.45) is 5.16 Å². The molecule has 0 aliphatic rings. The standard InChI is InChI=1S/C19H15BrClN3O/c1-12-5-2-3-6-14(12)18(24-25)15-9-8-13(11-17(15)21)23-19-16(20)7-4-10-22-19/h2-11,25H,1H3,(H,22,23). The van der Waals surface area contributed by atoms with E-state index in [9.17, 15) is 5.21 Å². The molecular formula is C19H15BrClN3O. The Bertz CT molecular complexity index is 943. The van der Waals surface area contributed by atoms with E-state index in [0.717, 1.165) is 21.3 Å². The van der Waals surface area contributed by atoms with E-state index >= 15 is 0 Å². The maximum Gasteiger partial charge on any atom is 0.144 e. The molecule has 0 bridgehead atoms. The molecule has 1 heterocycles. The van der Waals surface area contributed by atoms with Crippen LogP contribution >= 0.6 is 27.5 Å². The summed E-state index contributed by atoms with van der Waals surface area (Å²) in [7, 11) is 0. The van der Waals surface area contributed by atoms with Gasteiger partial charge in [-0.3, -0.25) is 0 Å². The zero-order valence-electron chi connectivity index (χ0n) is 13.4. The summed E-state index contributed by atoms with van der Waals surface area (Å²) in [6.07, 6.45) is 1.71. The molecule has 126 valence electrons. The Balaban J connectivity index is 1.94. The van der Waals surface area contributed by atoms with Gasteiger partial charge in [0, 0.05) is 23.0 Å². The largest absolute Gasteiger partial charge is 0.410 e. The van der Waals surface area contributed by atoms with Crippen molar-refractivity contribution in [1.29, 1.82) is 0 Å². The van der Waals surface area contributed by atoms with Crippen molar-refractivity contribution in [3.05, 3.63) is 87.0 Å². The van der Waals surface area contributed by atoms with Crippen LogP contribution in [0.2, 0.25) is 5.02 Å². The summed E-state index contributed by atoms with van der Waals surface area (Å²) in [6.45, 7) is 1.96. The van der Waals surface area contributed by atoms with Crippen molar-refractivity contribution in [3.8, 4) is 0 Å². The average molecular weight is 417 g/mol. The molecule has 1 aromatic heterocycles. The van der Waals surface area contributed by atoms with E-state index in [1.54, 1.807) is 12.3 Å². The molecule has 0 amide bonds. The summed E-state index contributed by atoms with van der Waals surface area (Å²) >= 11 is 9.90. The first-order valence-corrected chi connectivity index (χ1v) is 8.73. The number of nitrogens with zero attached hydrogens (tertiary/aromatic N) is 2.